The molecule has 0 radical (unpaired) electrons. The molecule has 3 N–H and O–H groups in total. The highest BCUT2D eigenvalue weighted by molar-refractivity contribution is 5.77. The molecule has 0 aliphatic rings. The number of amides is 1. The molecule has 6 heteroatoms. The SMILES string of the molecule is CC/C=C\C/C=C\C/C=C\C/C=C\C/C=C\C/C=C\CCC(=O)OC(CCCCCCCCCCCCCCC)CC(=O)NC(CO)C(O)CCCCCCCCCCCCCCC. The molecule has 0 saturated heterocycles. The zero-order valence-electron chi connectivity index (χ0n) is 42.1. The van der Waals surface area contributed by atoms with Crippen molar-refractivity contribution in [3.63, 3.8) is 0 Å². The Bertz CT molecular complexity index is 1190. The van der Waals surface area contributed by atoms with E-state index in [4.69, 9.17) is 4.74 Å². The van der Waals surface area contributed by atoms with Crippen LogP contribution >= 0.6 is 0 Å². The van der Waals surface area contributed by atoms with Crippen LogP contribution in [0.25, 0.3) is 0 Å². The number of unbranched alkanes of at least 4 members (excludes halogenated alkanes) is 24. The largest absolute Gasteiger partial charge is 0.462 e. The summed E-state index contributed by atoms with van der Waals surface area (Å²) in [5.74, 6) is -0.568. The lowest BCUT2D eigenvalue weighted by atomic mass is 10.0. The number of nitrogens with one attached hydrogen (secondary N) is 1. The molecule has 3 atom stereocenters. The number of rotatable bonds is 48. The molecule has 0 aliphatic heterocycles. The Morgan fingerprint density at radius 1 is 0.469 bits per heavy atom. The van der Waals surface area contributed by atoms with Gasteiger partial charge in [0.25, 0.3) is 0 Å². The lowest BCUT2D eigenvalue weighted by Crippen LogP contribution is -2.46. The van der Waals surface area contributed by atoms with E-state index in [0.717, 1.165) is 77.0 Å². The molecule has 0 heterocycles. The lowest BCUT2D eigenvalue weighted by Gasteiger charge is -2.24. The summed E-state index contributed by atoms with van der Waals surface area (Å²) in [7, 11) is 0. The summed E-state index contributed by atoms with van der Waals surface area (Å²) in [5.41, 5.74) is 0. The first-order chi connectivity index (χ1) is 31.5. The van der Waals surface area contributed by atoms with Crippen molar-refractivity contribution in [2.24, 2.45) is 0 Å². The minimum atomic E-state index is -0.801. The maximum Gasteiger partial charge on any atom is 0.306 e. The fraction of sp³-hybridized carbons (Fsp3) is 0.759. The highest BCUT2D eigenvalue weighted by Crippen LogP contribution is 2.18. The maximum atomic E-state index is 13.2. The molecule has 0 aromatic carbocycles. The van der Waals surface area contributed by atoms with E-state index in [0.29, 0.717) is 19.3 Å². The van der Waals surface area contributed by atoms with Gasteiger partial charge in [0.2, 0.25) is 5.91 Å². The summed E-state index contributed by atoms with van der Waals surface area (Å²) < 4.78 is 5.90. The fourth-order valence-corrected chi connectivity index (χ4v) is 7.99. The van der Waals surface area contributed by atoms with Crippen LogP contribution in [0.4, 0.5) is 0 Å². The quantitative estimate of drug-likeness (QED) is 0.0321. The Morgan fingerprint density at radius 2 is 0.812 bits per heavy atom. The van der Waals surface area contributed by atoms with Gasteiger partial charge in [0.05, 0.1) is 25.2 Å². The predicted octanol–water partition coefficient (Wildman–Crippen LogP) is 16.6. The number of carbonyl (C=O) groups is 2. The number of esters is 1. The number of carbonyl (C=O) groups excluding carboxylic acids is 2. The van der Waals surface area contributed by atoms with Crippen LogP contribution in [0.5, 0.6) is 0 Å². The fourth-order valence-electron chi connectivity index (χ4n) is 7.99. The summed E-state index contributed by atoms with van der Waals surface area (Å²) in [6, 6.07) is -0.717. The van der Waals surface area contributed by atoms with Gasteiger partial charge in [0.15, 0.2) is 0 Å². The van der Waals surface area contributed by atoms with Gasteiger partial charge >= 0.3 is 5.97 Å². The van der Waals surface area contributed by atoms with Gasteiger partial charge in [-0.2, -0.15) is 0 Å². The highest BCUT2D eigenvalue weighted by Gasteiger charge is 2.24. The van der Waals surface area contributed by atoms with Gasteiger partial charge in [0.1, 0.15) is 6.10 Å². The Labute approximate surface area is 396 Å². The van der Waals surface area contributed by atoms with E-state index in [1.54, 1.807) is 0 Å². The molecule has 3 unspecified atom stereocenters. The van der Waals surface area contributed by atoms with Gasteiger partial charge in [-0.05, 0) is 64.2 Å². The van der Waals surface area contributed by atoms with Crippen LogP contribution in [-0.4, -0.2) is 46.9 Å². The molecule has 64 heavy (non-hydrogen) atoms. The van der Waals surface area contributed by atoms with Crippen molar-refractivity contribution in [1.82, 2.24) is 5.32 Å². The van der Waals surface area contributed by atoms with E-state index in [9.17, 15) is 19.8 Å². The van der Waals surface area contributed by atoms with E-state index < -0.39 is 18.2 Å². The summed E-state index contributed by atoms with van der Waals surface area (Å²) in [6.45, 7) is 6.36. The van der Waals surface area contributed by atoms with Crippen molar-refractivity contribution >= 4 is 11.9 Å². The van der Waals surface area contributed by atoms with Crippen molar-refractivity contribution in [2.45, 2.75) is 277 Å². The van der Waals surface area contributed by atoms with E-state index in [2.05, 4.69) is 92.9 Å². The van der Waals surface area contributed by atoms with Gasteiger partial charge in [-0.3, -0.25) is 9.59 Å². The summed E-state index contributed by atoms with van der Waals surface area (Å²) in [4.78, 5) is 26.2. The molecule has 0 aliphatic carbocycles. The van der Waals surface area contributed by atoms with Gasteiger partial charge in [0, 0.05) is 6.42 Å². The van der Waals surface area contributed by atoms with Crippen molar-refractivity contribution in [2.75, 3.05) is 6.61 Å². The smallest absolute Gasteiger partial charge is 0.306 e. The van der Waals surface area contributed by atoms with E-state index in [1.165, 1.54) is 128 Å². The molecular weight excluding hydrogens is 791 g/mol. The van der Waals surface area contributed by atoms with Gasteiger partial charge in [-0.15, -0.1) is 0 Å². The molecule has 0 aromatic heterocycles. The molecule has 0 spiro atoms. The van der Waals surface area contributed by atoms with E-state index in [-0.39, 0.29) is 31.3 Å². The molecular formula is C58H103NO5. The zero-order valence-corrected chi connectivity index (χ0v) is 42.1. The van der Waals surface area contributed by atoms with E-state index >= 15 is 0 Å². The summed E-state index contributed by atoms with van der Waals surface area (Å²) >= 11 is 0. The average molecular weight is 894 g/mol. The summed E-state index contributed by atoms with van der Waals surface area (Å²) in [5, 5.41) is 23.8. The first kappa shape index (κ1) is 61.3. The standard InChI is InChI=1S/C58H103NO5/c1-4-7-10-13-16-19-22-25-26-27-28-29-30-33-36-39-42-45-48-51-58(63)64-54(49-46-43-40-37-34-31-23-20-17-14-11-8-5-2)52-57(62)59-55(53-60)56(61)50-47-44-41-38-35-32-24-21-18-15-12-9-6-3/h7,10,16,19,25-26,28-29,33,36,42,45,54-56,60-61H,4-6,8-9,11-15,17-18,20-24,27,30-32,34-35,37-41,43-44,46-53H2,1-3H3,(H,59,62)/b10-7-,19-16-,26-25-,29-28-,36-33-,45-42-. The van der Waals surface area contributed by atoms with Crippen LogP contribution in [0.2, 0.25) is 0 Å². The molecule has 0 bridgehead atoms. The van der Waals surface area contributed by atoms with Crippen molar-refractivity contribution in [1.29, 1.82) is 0 Å². The second-order valence-corrected chi connectivity index (χ2v) is 18.3. The van der Waals surface area contributed by atoms with E-state index in [1.807, 2.05) is 6.08 Å². The van der Waals surface area contributed by atoms with Crippen molar-refractivity contribution < 1.29 is 24.5 Å². The molecule has 1 amide bonds. The van der Waals surface area contributed by atoms with Crippen LogP contribution in [0.1, 0.15) is 258 Å². The number of hydrogen-bond donors (Lipinski definition) is 3. The Balaban J connectivity index is 4.66. The topological polar surface area (TPSA) is 95.9 Å². The second kappa shape index (κ2) is 51.3. The van der Waals surface area contributed by atoms with Gasteiger partial charge in [-0.1, -0.05) is 254 Å². The number of hydrogen-bond acceptors (Lipinski definition) is 5. The van der Waals surface area contributed by atoms with Gasteiger partial charge in [-0.25, -0.2) is 0 Å². The second-order valence-electron chi connectivity index (χ2n) is 18.3. The normalized spacial score (nSPS) is 13.8. The summed E-state index contributed by atoms with van der Waals surface area (Å²) in [6.07, 6.45) is 65.4. The van der Waals surface area contributed by atoms with Crippen LogP contribution in [0.15, 0.2) is 72.9 Å². The van der Waals surface area contributed by atoms with Crippen LogP contribution in [0, 0.1) is 0 Å². The predicted molar refractivity (Wildman–Crippen MR) is 278 cm³/mol. The monoisotopic (exact) mass is 894 g/mol. The van der Waals surface area contributed by atoms with Crippen LogP contribution < -0.4 is 5.32 Å². The Hall–Kier alpha value is -2.70. The molecule has 0 saturated carbocycles. The number of aliphatic hydroxyl groups excluding tert-OH is 2. The lowest BCUT2D eigenvalue weighted by molar-refractivity contribution is -0.150. The number of allylic oxidation sites excluding steroid dienone is 12. The minimum Gasteiger partial charge on any atom is -0.462 e. The molecule has 370 valence electrons. The maximum absolute atomic E-state index is 13.2. The minimum absolute atomic E-state index is 0.0475. The molecule has 6 nitrogen and oxygen atoms in total. The van der Waals surface area contributed by atoms with Crippen molar-refractivity contribution in [3.8, 4) is 0 Å². The third-order valence-corrected chi connectivity index (χ3v) is 12.1. The van der Waals surface area contributed by atoms with Crippen LogP contribution in [0.3, 0.4) is 0 Å². The zero-order chi connectivity index (χ0) is 46.7. The Morgan fingerprint density at radius 3 is 1.19 bits per heavy atom. The highest BCUT2D eigenvalue weighted by atomic mass is 16.5. The van der Waals surface area contributed by atoms with Crippen LogP contribution in [-0.2, 0) is 14.3 Å². The molecule has 0 rings (SSSR count). The molecule has 0 fully saturated rings. The number of ether oxygens (including phenoxy) is 1. The Kier molecular flexibility index (Phi) is 49.1. The van der Waals surface area contributed by atoms with Gasteiger partial charge < -0.3 is 20.3 Å². The van der Waals surface area contributed by atoms with Crippen molar-refractivity contribution in [3.05, 3.63) is 72.9 Å². The average Bonchev–Trinajstić information content (AvgIpc) is 3.29. The first-order valence-corrected chi connectivity index (χ1v) is 27.2. The third kappa shape index (κ3) is 45.9. The molecule has 0 aromatic rings. The first-order valence-electron chi connectivity index (χ1n) is 27.2. The third-order valence-electron chi connectivity index (χ3n) is 12.1. The number of aliphatic hydroxyl groups is 2.